The van der Waals surface area contributed by atoms with Gasteiger partial charge in [-0.15, -0.1) is 0 Å². The van der Waals surface area contributed by atoms with E-state index in [1.54, 1.807) is 44.6 Å². The summed E-state index contributed by atoms with van der Waals surface area (Å²) < 4.78 is 16.6. The van der Waals surface area contributed by atoms with Crippen molar-refractivity contribution in [3.63, 3.8) is 0 Å². The second kappa shape index (κ2) is 10.0. The molecule has 1 aliphatic rings. The van der Waals surface area contributed by atoms with Crippen LogP contribution >= 0.6 is 0 Å². The molecule has 1 fully saturated rings. The van der Waals surface area contributed by atoms with Gasteiger partial charge in [-0.2, -0.15) is 10.4 Å². The molecule has 1 aliphatic carbocycles. The summed E-state index contributed by atoms with van der Waals surface area (Å²) in [5, 5.41) is 19.0. The Hall–Kier alpha value is -4.06. The molecular formula is C24H25N5O4. The Kier molecular flexibility index (Phi) is 6.74. The van der Waals surface area contributed by atoms with Crippen molar-refractivity contribution in [2.75, 3.05) is 14.2 Å². The van der Waals surface area contributed by atoms with Crippen molar-refractivity contribution in [3.05, 3.63) is 53.9 Å². The highest BCUT2D eigenvalue weighted by molar-refractivity contribution is 5.93. The SMILES string of the molecule is COc1ccc(OC)c(-c2cc(C(=O)NC3CCC(Oc4ccc(C#N)cn4)CC3)[nH]n2)c1. The molecule has 0 atom stereocenters. The van der Waals surface area contributed by atoms with E-state index in [1.807, 2.05) is 12.1 Å². The van der Waals surface area contributed by atoms with Crippen molar-refractivity contribution in [1.82, 2.24) is 20.5 Å². The van der Waals surface area contributed by atoms with Gasteiger partial charge in [0.2, 0.25) is 5.88 Å². The number of H-pyrrole nitrogens is 1. The number of carbonyl (C=O) groups is 1. The molecule has 2 N–H and O–H groups in total. The van der Waals surface area contributed by atoms with Gasteiger partial charge < -0.3 is 19.5 Å². The van der Waals surface area contributed by atoms with Crippen LogP contribution in [-0.2, 0) is 0 Å². The number of benzene rings is 1. The summed E-state index contributed by atoms with van der Waals surface area (Å²) in [7, 11) is 3.18. The van der Waals surface area contributed by atoms with Gasteiger partial charge in [-0.3, -0.25) is 9.89 Å². The largest absolute Gasteiger partial charge is 0.497 e. The Morgan fingerprint density at radius 1 is 1.12 bits per heavy atom. The maximum atomic E-state index is 12.8. The van der Waals surface area contributed by atoms with Crippen LogP contribution in [0, 0.1) is 11.3 Å². The Morgan fingerprint density at radius 2 is 1.94 bits per heavy atom. The highest BCUT2D eigenvalue weighted by Crippen LogP contribution is 2.32. The molecule has 2 heterocycles. The van der Waals surface area contributed by atoms with Gasteiger partial charge in [-0.25, -0.2) is 4.98 Å². The lowest BCUT2D eigenvalue weighted by molar-refractivity contribution is 0.0885. The van der Waals surface area contributed by atoms with E-state index in [0.29, 0.717) is 34.3 Å². The summed E-state index contributed by atoms with van der Waals surface area (Å²) in [5.41, 5.74) is 2.22. The van der Waals surface area contributed by atoms with Crippen molar-refractivity contribution in [2.45, 2.75) is 37.8 Å². The summed E-state index contributed by atoms with van der Waals surface area (Å²) in [6, 6.07) is 12.6. The fraction of sp³-hybridized carbons (Fsp3) is 0.333. The third-order valence-electron chi connectivity index (χ3n) is 5.67. The molecule has 0 unspecified atom stereocenters. The highest BCUT2D eigenvalue weighted by Gasteiger charge is 2.25. The molecule has 1 amide bonds. The topological polar surface area (TPSA) is 122 Å². The molecule has 1 saturated carbocycles. The number of hydrogen-bond acceptors (Lipinski definition) is 7. The van der Waals surface area contributed by atoms with E-state index >= 15 is 0 Å². The lowest BCUT2D eigenvalue weighted by atomic mass is 9.93. The first-order valence-electron chi connectivity index (χ1n) is 10.7. The summed E-state index contributed by atoms with van der Waals surface area (Å²) in [5.74, 6) is 1.63. The van der Waals surface area contributed by atoms with E-state index < -0.39 is 0 Å². The highest BCUT2D eigenvalue weighted by atomic mass is 16.5. The Bertz CT molecular complexity index is 1140. The first-order valence-corrected chi connectivity index (χ1v) is 10.7. The lowest BCUT2D eigenvalue weighted by Crippen LogP contribution is -2.39. The van der Waals surface area contributed by atoms with Gasteiger partial charge in [0.05, 0.1) is 25.5 Å². The monoisotopic (exact) mass is 447 g/mol. The zero-order chi connectivity index (χ0) is 23.2. The van der Waals surface area contributed by atoms with E-state index in [2.05, 4.69) is 20.5 Å². The van der Waals surface area contributed by atoms with Gasteiger partial charge in [0.25, 0.3) is 5.91 Å². The molecule has 170 valence electrons. The van der Waals surface area contributed by atoms with E-state index in [-0.39, 0.29) is 18.1 Å². The molecule has 9 nitrogen and oxygen atoms in total. The van der Waals surface area contributed by atoms with Crippen molar-refractivity contribution >= 4 is 5.91 Å². The summed E-state index contributed by atoms with van der Waals surface area (Å²) in [6.45, 7) is 0. The third kappa shape index (κ3) is 5.23. The van der Waals surface area contributed by atoms with Gasteiger partial charge in [0.15, 0.2) is 0 Å². The molecule has 2 aromatic heterocycles. The zero-order valence-corrected chi connectivity index (χ0v) is 18.5. The molecule has 3 aromatic rings. The van der Waals surface area contributed by atoms with Crippen LogP contribution in [-0.4, -0.2) is 47.5 Å². The quantitative estimate of drug-likeness (QED) is 0.568. The Balaban J connectivity index is 1.33. The zero-order valence-electron chi connectivity index (χ0n) is 18.5. The molecular weight excluding hydrogens is 422 g/mol. The number of hydrogen-bond donors (Lipinski definition) is 2. The van der Waals surface area contributed by atoms with Crippen LogP contribution in [0.15, 0.2) is 42.6 Å². The first-order chi connectivity index (χ1) is 16.1. The number of carbonyl (C=O) groups excluding carboxylic acids is 1. The Morgan fingerprint density at radius 3 is 2.61 bits per heavy atom. The van der Waals surface area contributed by atoms with Crippen molar-refractivity contribution in [3.8, 4) is 34.7 Å². The van der Waals surface area contributed by atoms with Gasteiger partial charge in [0, 0.05) is 23.9 Å². The average molecular weight is 447 g/mol. The van der Waals surface area contributed by atoms with Crippen molar-refractivity contribution in [1.29, 1.82) is 5.26 Å². The Labute approximate surface area is 191 Å². The lowest BCUT2D eigenvalue weighted by Gasteiger charge is -2.29. The van der Waals surface area contributed by atoms with E-state index in [0.717, 1.165) is 31.2 Å². The predicted molar refractivity (Wildman–Crippen MR) is 120 cm³/mol. The fourth-order valence-electron chi connectivity index (χ4n) is 3.87. The van der Waals surface area contributed by atoms with Gasteiger partial charge in [-0.05, 0) is 56.0 Å². The first kappa shape index (κ1) is 22.1. The normalized spacial score (nSPS) is 17.6. The fourth-order valence-corrected chi connectivity index (χ4v) is 3.87. The summed E-state index contributed by atoms with van der Waals surface area (Å²) >= 11 is 0. The van der Waals surface area contributed by atoms with Crippen LogP contribution in [0.25, 0.3) is 11.3 Å². The number of amides is 1. The van der Waals surface area contributed by atoms with Crippen LogP contribution in [0.2, 0.25) is 0 Å². The number of nitriles is 1. The molecule has 4 rings (SSSR count). The summed E-state index contributed by atoms with van der Waals surface area (Å²) in [4.78, 5) is 16.9. The number of nitrogens with one attached hydrogen (secondary N) is 2. The van der Waals surface area contributed by atoms with E-state index in [4.69, 9.17) is 19.5 Å². The number of aromatic amines is 1. The van der Waals surface area contributed by atoms with Gasteiger partial charge in [0.1, 0.15) is 29.4 Å². The number of nitrogens with zero attached hydrogens (tertiary/aromatic N) is 3. The second-order valence-corrected chi connectivity index (χ2v) is 7.79. The number of aromatic nitrogens is 3. The van der Waals surface area contributed by atoms with E-state index in [9.17, 15) is 4.79 Å². The third-order valence-corrected chi connectivity index (χ3v) is 5.67. The molecule has 33 heavy (non-hydrogen) atoms. The van der Waals surface area contributed by atoms with Gasteiger partial charge >= 0.3 is 0 Å². The molecule has 0 radical (unpaired) electrons. The number of methoxy groups -OCH3 is 2. The number of rotatable bonds is 7. The maximum absolute atomic E-state index is 12.8. The van der Waals surface area contributed by atoms with Crippen molar-refractivity contribution < 1.29 is 19.0 Å². The number of ether oxygens (including phenoxy) is 3. The molecule has 1 aromatic carbocycles. The second-order valence-electron chi connectivity index (χ2n) is 7.79. The van der Waals surface area contributed by atoms with Crippen LogP contribution in [0.4, 0.5) is 0 Å². The molecule has 0 bridgehead atoms. The molecule has 0 spiro atoms. The average Bonchev–Trinajstić information content (AvgIpc) is 3.36. The standard InChI is InChI=1S/C24H25N5O4/c1-31-18-8-9-22(32-2)19(11-18)20-12-21(29-28-20)24(30)27-16-4-6-17(7-5-16)33-23-10-3-15(13-25)14-26-23/h3,8-12,14,16-17H,4-7H2,1-2H3,(H,27,30)(H,28,29). The van der Waals surface area contributed by atoms with Crippen molar-refractivity contribution in [2.24, 2.45) is 0 Å². The van der Waals surface area contributed by atoms with Crippen LogP contribution in [0.1, 0.15) is 41.7 Å². The number of pyridine rings is 1. The van der Waals surface area contributed by atoms with Crippen LogP contribution in [0.5, 0.6) is 17.4 Å². The smallest absolute Gasteiger partial charge is 0.269 e. The molecule has 0 aliphatic heterocycles. The molecule has 0 saturated heterocycles. The summed E-state index contributed by atoms with van der Waals surface area (Å²) in [6.07, 6.45) is 4.76. The van der Waals surface area contributed by atoms with Gasteiger partial charge in [-0.1, -0.05) is 0 Å². The molecule has 9 heteroatoms. The minimum atomic E-state index is -0.200. The minimum absolute atomic E-state index is 0.0397. The van der Waals surface area contributed by atoms with Crippen LogP contribution in [0.3, 0.4) is 0 Å². The minimum Gasteiger partial charge on any atom is -0.497 e. The maximum Gasteiger partial charge on any atom is 0.269 e. The van der Waals surface area contributed by atoms with E-state index in [1.165, 1.54) is 6.20 Å². The predicted octanol–water partition coefficient (Wildman–Crippen LogP) is 3.48. The van der Waals surface area contributed by atoms with Crippen LogP contribution < -0.4 is 19.5 Å².